The molecular weight excluding hydrogens is 332 g/mol. The zero-order valence-corrected chi connectivity index (χ0v) is 16.0. The van der Waals surface area contributed by atoms with Crippen molar-refractivity contribution in [2.24, 2.45) is 0 Å². The minimum absolute atomic E-state index is 0.0661. The van der Waals surface area contributed by atoms with Crippen LogP contribution < -0.4 is 10.1 Å². The Hall–Kier alpha value is -2.50. The Kier molecular flexibility index (Phi) is 6.29. The minimum Gasteiger partial charge on any atom is -0.496 e. The van der Waals surface area contributed by atoms with Gasteiger partial charge in [0.2, 0.25) is 5.91 Å². The number of hydrogen-bond acceptors (Lipinski definition) is 4. The van der Waals surface area contributed by atoms with Crippen LogP contribution in [0.25, 0.3) is 6.08 Å². The fourth-order valence-electron chi connectivity index (χ4n) is 2.89. The normalized spacial score (nSPS) is 16.9. The number of likely N-dealkylation sites (tertiary alicyclic amines) is 1. The first-order valence-corrected chi connectivity index (χ1v) is 8.78. The number of benzene rings is 1. The summed E-state index contributed by atoms with van der Waals surface area (Å²) in [6.45, 7) is 10.3. The third-order valence-electron chi connectivity index (χ3n) is 4.10. The molecule has 1 atom stereocenters. The summed E-state index contributed by atoms with van der Waals surface area (Å²) in [5.41, 5.74) is 1.22. The summed E-state index contributed by atoms with van der Waals surface area (Å²) in [6, 6.07) is 5.55. The van der Waals surface area contributed by atoms with Gasteiger partial charge in [0.15, 0.2) is 0 Å². The summed E-state index contributed by atoms with van der Waals surface area (Å²) in [7, 11) is 1.58. The van der Waals surface area contributed by atoms with Crippen LogP contribution in [0.3, 0.4) is 0 Å². The summed E-state index contributed by atoms with van der Waals surface area (Å²) in [5.74, 6) is 0.577. The molecule has 2 amide bonds. The van der Waals surface area contributed by atoms with Crippen molar-refractivity contribution in [3.8, 4) is 5.75 Å². The molecule has 1 aromatic rings. The summed E-state index contributed by atoms with van der Waals surface area (Å²) < 4.78 is 10.7. The van der Waals surface area contributed by atoms with Crippen molar-refractivity contribution >= 4 is 18.1 Å². The van der Waals surface area contributed by atoms with E-state index in [0.717, 1.165) is 17.5 Å². The quantitative estimate of drug-likeness (QED) is 0.876. The van der Waals surface area contributed by atoms with Gasteiger partial charge in [-0.3, -0.25) is 4.79 Å². The van der Waals surface area contributed by atoms with Crippen molar-refractivity contribution in [2.75, 3.05) is 20.2 Å². The zero-order chi connectivity index (χ0) is 19.3. The van der Waals surface area contributed by atoms with Crippen LogP contribution in [-0.4, -0.2) is 48.7 Å². The molecule has 26 heavy (non-hydrogen) atoms. The largest absolute Gasteiger partial charge is 0.496 e. The second kappa shape index (κ2) is 8.25. The maximum atomic E-state index is 12.4. The maximum absolute atomic E-state index is 12.4. The Morgan fingerprint density at radius 2 is 2.12 bits per heavy atom. The van der Waals surface area contributed by atoms with E-state index in [1.807, 2.05) is 39.0 Å². The molecule has 1 aliphatic rings. The number of amides is 2. The predicted octanol–water partition coefficient (Wildman–Crippen LogP) is 3.01. The van der Waals surface area contributed by atoms with Crippen LogP contribution >= 0.6 is 0 Å². The Labute approximate surface area is 155 Å². The van der Waals surface area contributed by atoms with Crippen LogP contribution in [0, 0.1) is 0 Å². The molecule has 0 aliphatic carbocycles. The maximum Gasteiger partial charge on any atom is 0.410 e. The summed E-state index contributed by atoms with van der Waals surface area (Å²) in [5, 5.41) is 2.99. The lowest BCUT2D eigenvalue weighted by molar-refractivity contribution is -0.121. The first-order valence-electron chi connectivity index (χ1n) is 8.78. The Morgan fingerprint density at radius 1 is 1.38 bits per heavy atom. The fraction of sp³-hybridized carbons (Fsp3) is 0.500. The van der Waals surface area contributed by atoms with E-state index in [9.17, 15) is 9.59 Å². The third kappa shape index (κ3) is 5.51. The molecule has 0 spiro atoms. The van der Waals surface area contributed by atoms with Gasteiger partial charge in [-0.15, -0.1) is 0 Å². The first kappa shape index (κ1) is 19.8. The van der Waals surface area contributed by atoms with E-state index in [2.05, 4.69) is 11.9 Å². The van der Waals surface area contributed by atoms with Gasteiger partial charge in [0, 0.05) is 24.7 Å². The lowest BCUT2D eigenvalue weighted by Gasteiger charge is -2.24. The molecule has 0 unspecified atom stereocenters. The van der Waals surface area contributed by atoms with Gasteiger partial charge >= 0.3 is 6.09 Å². The summed E-state index contributed by atoms with van der Waals surface area (Å²) in [6.07, 6.45) is 2.33. The number of carbonyl (C=O) groups excluding carboxylic acids is 2. The Morgan fingerprint density at radius 3 is 2.73 bits per heavy atom. The first-order chi connectivity index (χ1) is 12.2. The number of methoxy groups -OCH3 is 1. The van der Waals surface area contributed by atoms with Crippen LogP contribution in [0.15, 0.2) is 24.8 Å². The number of nitrogens with one attached hydrogen (secondary N) is 1. The molecule has 0 radical (unpaired) electrons. The van der Waals surface area contributed by atoms with Crippen molar-refractivity contribution < 1.29 is 19.1 Å². The molecule has 0 saturated carbocycles. The Balaban J connectivity index is 1.91. The highest BCUT2D eigenvalue weighted by Gasteiger charge is 2.30. The molecular formula is C20H28N2O4. The molecule has 1 N–H and O–H groups in total. The molecule has 1 saturated heterocycles. The summed E-state index contributed by atoms with van der Waals surface area (Å²) >= 11 is 0. The second-order valence-corrected chi connectivity index (χ2v) is 7.43. The zero-order valence-electron chi connectivity index (χ0n) is 16.0. The second-order valence-electron chi connectivity index (χ2n) is 7.43. The van der Waals surface area contributed by atoms with Crippen LogP contribution in [0.1, 0.15) is 38.3 Å². The van der Waals surface area contributed by atoms with Gasteiger partial charge in [-0.05, 0) is 44.9 Å². The highest BCUT2D eigenvalue weighted by molar-refractivity contribution is 5.80. The number of rotatable bonds is 5. The topological polar surface area (TPSA) is 67.9 Å². The molecule has 1 aromatic carbocycles. The number of carbonyl (C=O) groups is 2. The molecule has 142 valence electrons. The lowest BCUT2D eigenvalue weighted by atomic mass is 10.1. The molecule has 2 rings (SSSR count). The van der Waals surface area contributed by atoms with Crippen LogP contribution in [0.5, 0.6) is 5.75 Å². The highest BCUT2D eigenvalue weighted by Crippen LogP contribution is 2.21. The molecule has 6 heteroatoms. The van der Waals surface area contributed by atoms with Gasteiger partial charge in [0.1, 0.15) is 11.4 Å². The van der Waals surface area contributed by atoms with Crippen molar-refractivity contribution in [3.05, 3.63) is 35.9 Å². The standard InChI is InChI=1S/C20H28N2O4/c1-6-14-7-8-17(25-5)15(11-14)12-18(23)21-16-9-10-22(13-16)19(24)26-20(2,3)4/h6-8,11,16H,1,9-10,12-13H2,2-5H3,(H,21,23)/t16-/m1/s1. The van der Waals surface area contributed by atoms with E-state index in [-0.39, 0.29) is 24.5 Å². The smallest absolute Gasteiger partial charge is 0.410 e. The van der Waals surface area contributed by atoms with Gasteiger partial charge in [-0.1, -0.05) is 18.7 Å². The SMILES string of the molecule is C=Cc1ccc(OC)c(CC(=O)N[C@@H]2CCN(C(=O)OC(C)(C)C)C2)c1. The minimum atomic E-state index is -0.523. The predicted molar refractivity (Wildman–Crippen MR) is 101 cm³/mol. The monoisotopic (exact) mass is 360 g/mol. The van der Waals surface area contributed by atoms with Crippen molar-refractivity contribution in [1.29, 1.82) is 0 Å². The molecule has 0 aromatic heterocycles. The van der Waals surface area contributed by atoms with E-state index < -0.39 is 5.60 Å². The molecule has 1 aliphatic heterocycles. The van der Waals surface area contributed by atoms with Crippen LogP contribution in [0.4, 0.5) is 4.79 Å². The average molecular weight is 360 g/mol. The number of hydrogen-bond donors (Lipinski definition) is 1. The van der Waals surface area contributed by atoms with E-state index in [1.165, 1.54) is 0 Å². The molecule has 1 heterocycles. The molecule has 0 bridgehead atoms. The van der Waals surface area contributed by atoms with Gasteiger partial charge in [-0.2, -0.15) is 0 Å². The van der Waals surface area contributed by atoms with E-state index in [0.29, 0.717) is 18.8 Å². The van der Waals surface area contributed by atoms with Gasteiger partial charge < -0.3 is 19.7 Å². The lowest BCUT2D eigenvalue weighted by Crippen LogP contribution is -2.40. The fourth-order valence-corrected chi connectivity index (χ4v) is 2.89. The van der Waals surface area contributed by atoms with E-state index >= 15 is 0 Å². The third-order valence-corrected chi connectivity index (χ3v) is 4.10. The Bertz CT molecular complexity index is 679. The van der Waals surface area contributed by atoms with Crippen LogP contribution in [0.2, 0.25) is 0 Å². The summed E-state index contributed by atoms with van der Waals surface area (Å²) in [4.78, 5) is 26.2. The number of nitrogens with zero attached hydrogens (tertiary/aromatic N) is 1. The van der Waals surface area contributed by atoms with Gasteiger partial charge in [0.05, 0.1) is 13.5 Å². The van der Waals surface area contributed by atoms with E-state index in [4.69, 9.17) is 9.47 Å². The molecule has 6 nitrogen and oxygen atoms in total. The van der Waals surface area contributed by atoms with Crippen molar-refractivity contribution in [2.45, 2.75) is 45.3 Å². The van der Waals surface area contributed by atoms with Crippen LogP contribution in [-0.2, 0) is 16.0 Å². The number of ether oxygens (including phenoxy) is 2. The van der Waals surface area contributed by atoms with Gasteiger partial charge in [0.25, 0.3) is 0 Å². The molecule has 1 fully saturated rings. The highest BCUT2D eigenvalue weighted by atomic mass is 16.6. The van der Waals surface area contributed by atoms with Crippen molar-refractivity contribution in [3.63, 3.8) is 0 Å². The van der Waals surface area contributed by atoms with Gasteiger partial charge in [-0.25, -0.2) is 4.79 Å². The van der Waals surface area contributed by atoms with Crippen molar-refractivity contribution in [1.82, 2.24) is 10.2 Å². The average Bonchev–Trinajstić information content (AvgIpc) is 3.01. The van der Waals surface area contributed by atoms with E-state index in [1.54, 1.807) is 18.1 Å².